The average Bonchev–Trinajstić information content (AvgIpc) is 2.27. The minimum Gasteiger partial charge on any atom is -0.444 e. The number of hydrogen-bond acceptors (Lipinski definition) is 4. The first-order chi connectivity index (χ1) is 9.89. The summed E-state index contributed by atoms with van der Waals surface area (Å²) in [7, 11) is 0. The summed E-state index contributed by atoms with van der Waals surface area (Å²) in [5.74, 6) is 5.45. The van der Waals surface area contributed by atoms with Gasteiger partial charge in [-0.2, -0.15) is 0 Å². The van der Waals surface area contributed by atoms with E-state index in [1.165, 1.54) is 0 Å². The highest BCUT2D eigenvalue weighted by Crippen LogP contribution is 2.06. The molecule has 0 saturated carbocycles. The van der Waals surface area contributed by atoms with Crippen molar-refractivity contribution in [2.75, 3.05) is 13.1 Å². The van der Waals surface area contributed by atoms with E-state index < -0.39 is 23.4 Å². The molecule has 0 aromatic carbocycles. The molecule has 0 aliphatic rings. The minimum atomic E-state index is -0.547. The lowest BCUT2D eigenvalue weighted by Gasteiger charge is -2.19. The molecule has 0 aliphatic heterocycles. The third-order valence-corrected chi connectivity index (χ3v) is 1.83. The molecular weight excluding hydrogens is 284 g/mol. The van der Waals surface area contributed by atoms with Crippen LogP contribution in [0.2, 0.25) is 0 Å². The molecule has 0 rings (SSSR count). The molecular formula is C16H26N2O4. The van der Waals surface area contributed by atoms with Crippen LogP contribution in [0.25, 0.3) is 0 Å². The Morgan fingerprint density at radius 2 is 1.41 bits per heavy atom. The maximum Gasteiger partial charge on any atom is 0.408 e. The fourth-order valence-electron chi connectivity index (χ4n) is 1.14. The van der Waals surface area contributed by atoms with Crippen LogP contribution in [0.4, 0.5) is 9.59 Å². The van der Waals surface area contributed by atoms with E-state index in [1.807, 2.05) is 0 Å². The Hall–Kier alpha value is -2.16. The number of hydrogen-bond donors (Lipinski definition) is 2. The van der Waals surface area contributed by atoms with Gasteiger partial charge < -0.3 is 20.1 Å². The molecule has 0 heterocycles. The maximum absolute atomic E-state index is 11.4. The van der Waals surface area contributed by atoms with Crippen LogP contribution in [0.3, 0.4) is 0 Å². The molecule has 0 aromatic heterocycles. The highest BCUT2D eigenvalue weighted by molar-refractivity contribution is 5.68. The van der Waals surface area contributed by atoms with E-state index in [4.69, 9.17) is 9.47 Å². The third kappa shape index (κ3) is 12.9. The van der Waals surface area contributed by atoms with Gasteiger partial charge in [0.15, 0.2) is 0 Å². The number of ether oxygens (including phenoxy) is 2. The Balaban J connectivity index is 4.00. The lowest BCUT2D eigenvalue weighted by atomic mass is 10.2. The van der Waals surface area contributed by atoms with E-state index in [9.17, 15) is 9.59 Å². The molecule has 6 heteroatoms. The molecule has 0 radical (unpaired) electrons. The van der Waals surface area contributed by atoms with Gasteiger partial charge in [-0.05, 0) is 41.5 Å². The van der Waals surface area contributed by atoms with Gasteiger partial charge in [-0.15, -0.1) is 0 Å². The van der Waals surface area contributed by atoms with Crippen LogP contribution in [-0.2, 0) is 9.47 Å². The highest BCUT2D eigenvalue weighted by atomic mass is 16.6. The van der Waals surface area contributed by atoms with Gasteiger partial charge in [0, 0.05) is 5.57 Å². The SMILES string of the molecule is C=C(C#CCNC(=O)OC(C)(C)C)CNC(=O)OC(C)(C)C. The van der Waals surface area contributed by atoms with Gasteiger partial charge in [-0.1, -0.05) is 18.4 Å². The van der Waals surface area contributed by atoms with Crippen molar-refractivity contribution in [2.45, 2.75) is 52.7 Å². The fraction of sp³-hybridized carbons (Fsp3) is 0.625. The Labute approximate surface area is 132 Å². The van der Waals surface area contributed by atoms with Gasteiger partial charge in [0.05, 0.1) is 13.1 Å². The summed E-state index contributed by atoms with van der Waals surface area (Å²) < 4.78 is 10.1. The Kier molecular flexibility index (Phi) is 7.51. The van der Waals surface area contributed by atoms with Crippen molar-refractivity contribution in [3.8, 4) is 11.8 Å². The van der Waals surface area contributed by atoms with Crippen molar-refractivity contribution in [1.82, 2.24) is 10.6 Å². The highest BCUT2D eigenvalue weighted by Gasteiger charge is 2.16. The molecule has 0 aromatic rings. The second-order valence-corrected chi connectivity index (χ2v) is 6.62. The standard InChI is InChI=1S/C16H26N2O4/c1-12(11-18-14(20)22-16(5,6)7)9-8-10-17-13(19)21-15(2,3)4/h1,10-11H2,2-7H3,(H,17,19)(H,18,20). The molecule has 0 saturated heterocycles. The van der Waals surface area contributed by atoms with Crippen molar-refractivity contribution in [2.24, 2.45) is 0 Å². The molecule has 2 amide bonds. The molecule has 2 N–H and O–H groups in total. The molecule has 0 fully saturated rings. The van der Waals surface area contributed by atoms with Gasteiger partial charge in [0.25, 0.3) is 0 Å². The van der Waals surface area contributed by atoms with E-state index in [-0.39, 0.29) is 13.1 Å². The normalized spacial score (nSPS) is 10.8. The number of carbonyl (C=O) groups excluding carboxylic acids is 2. The first-order valence-corrected chi connectivity index (χ1v) is 6.99. The van der Waals surface area contributed by atoms with Crippen molar-refractivity contribution >= 4 is 12.2 Å². The largest absolute Gasteiger partial charge is 0.444 e. The number of nitrogens with one attached hydrogen (secondary N) is 2. The molecule has 0 unspecified atom stereocenters. The molecule has 124 valence electrons. The van der Waals surface area contributed by atoms with E-state index >= 15 is 0 Å². The quantitative estimate of drug-likeness (QED) is 0.786. The predicted molar refractivity (Wildman–Crippen MR) is 85.4 cm³/mol. The van der Waals surface area contributed by atoms with Crippen LogP contribution in [-0.4, -0.2) is 36.5 Å². The molecule has 0 spiro atoms. The van der Waals surface area contributed by atoms with Gasteiger partial charge in [-0.25, -0.2) is 9.59 Å². The summed E-state index contributed by atoms with van der Waals surface area (Å²) in [6, 6.07) is 0. The van der Waals surface area contributed by atoms with E-state index in [0.717, 1.165) is 0 Å². The van der Waals surface area contributed by atoms with Gasteiger partial charge in [-0.3, -0.25) is 0 Å². The zero-order chi connectivity index (χ0) is 17.4. The predicted octanol–water partition coefficient (Wildman–Crippen LogP) is 2.60. The van der Waals surface area contributed by atoms with E-state index in [2.05, 4.69) is 29.1 Å². The smallest absolute Gasteiger partial charge is 0.408 e. The van der Waals surface area contributed by atoms with Gasteiger partial charge in [0.1, 0.15) is 11.2 Å². The molecule has 6 nitrogen and oxygen atoms in total. The molecule has 22 heavy (non-hydrogen) atoms. The second kappa shape index (κ2) is 8.32. The zero-order valence-corrected chi connectivity index (χ0v) is 14.3. The minimum absolute atomic E-state index is 0.139. The number of alkyl carbamates (subject to hydrolysis) is 2. The Morgan fingerprint density at radius 3 is 1.86 bits per heavy atom. The lowest BCUT2D eigenvalue weighted by Crippen LogP contribution is -2.33. The lowest BCUT2D eigenvalue weighted by molar-refractivity contribution is 0.0523. The van der Waals surface area contributed by atoms with Crippen LogP contribution in [0.15, 0.2) is 12.2 Å². The van der Waals surface area contributed by atoms with Crippen molar-refractivity contribution in [3.63, 3.8) is 0 Å². The Bertz CT molecular complexity index is 473. The summed E-state index contributed by atoms with van der Waals surface area (Å²) in [6.07, 6.45) is -1.05. The topological polar surface area (TPSA) is 76.7 Å². The van der Waals surface area contributed by atoms with Crippen molar-refractivity contribution < 1.29 is 19.1 Å². The summed E-state index contributed by atoms with van der Waals surface area (Å²) >= 11 is 0. The third-order valence-electron chi connectivity index (χ3n) is 1.83. The number of amides is 2. The van der Waals surface area contributed by atoms with Crippen molar-refractivity contribution in [3.05, 3.63) is 12.2 Å². The van der Waals surface area contributed by atoms with Gasteiger partial charge in [0.2, 0.25) is 0 Å². The van der Waals surface area contributed by atoms with Crippen molar-refractivity contribution in [1.29, 1.82) is 0 Å². The van der Waals surface area contributed by atoms with Crippen LogP contribution in [0, 0.1) is 11.8 Å². The molecule has 0 atom stereocenters. The zero-order valence-electron chi connectivity index (χ0n) is 14.3. The first kappa shape index (κ1) is 19.8. The Morgan fingerprint density at radius 1 is 0.955 bits per heavy atom. The first-order valence-electron chi connectivity index (χ1n) is 6.99. The molecule has 0 bridgehead atoms. The maximum atomic E-state index is 11.4. The summed E-state index contributed by atoms with van der Waals surface area (Å²) in [5.41, 5.74) is -0.579. The second-order valence-electron chi connectivity index (χ2n) is 6.62. The van der Waals surface area contributed by atoms with Crippen LogP contribution in [0.5, 0.6) is 0 Å². The summed E-state index contributed by atoms with van der Waals surface area (Å²) in [5, 5.41) is 5.05. The summed E-state index contributed by atoms with van der Waals surface area (Å²) in [4.78, 5) is 22.8. The van der Waals surface area contributed by atoms with E-state index in [1.54, 1.807) is 41.5 Å². The van der Waals surface area contributed by atoms with E-state index in [0.29, 0.717) is 5.57 Å². The van der Waals surface area contributed by atoms with Gasteiger partial charge >= 0.3 is 12.2 Å². The van der Waals surface area contributed by atoms with Crippen LogP contribution < -0.4 is 10.6 Å². The van der Waals surface area contributed by atoms with Crippen LogP contribution >= 0.6 is 0 Å². The monoisotopic (exact) mass is 310 g/mol. The number of carbonyl (C=O) groups is 2. The summed E-state index contributed by atoms with van der Waals surface area (Å²) in [6.45, 7) is 14.7. The fourth-order valence-corrected chi connectivity index (χ4v) is 1.14. The number of rotatable bonds is 3. The van der Waals surface area contributed by atoms with Crippen LogP contribution in [0.1, 0.15) is 41.5 Å². The molecule has 0 aliphatic carbocycles. The average molecular weight is 310 g/mol.